The molecule has 0 fully saturated rings. The average Bonchev–Trinajstić information content (AvgIpc) is 2.49. The summed E-state index contributed by atoms with van der Waals surface area (Å²) in [5.41, 5.74) is 11.2. The number of primary amides is 1. The molecule has 136 valence electrons. The van der Waals surface area contributed by atoms with Gasteiger partial charge in [0.05, 0.1) is 6.04 Å². The minimum Gasteiger partial charge on any atom is -0.355 e. The number of unbranched alkanes of at least 4 members (excludes halogenated alkanes) is 3. The van der Waals surface area contributed by atoms with Gasteiger partial charge in [0.15, 0.2) is 0 Å². The Bertz CT molecular complexity index is 345. The van der Waals surface area contributed by atoms with Crippen LogP contribution < -0.4 is 22.1 Å². The van der Waals surface area contributed by atoms with Crippen LogP contribution in [0.2, 0.25) is 0 Å². The first kappa shape index (κ1) is 21.7. The van der Waals surface area contributed by atoms with Crippen molar-refractivity contribution in [3.63, 3.8) is 0 Å². The Morgan fingerprint density at radius 1 is 1.00 bits per heavy atom. The molecule has 0 aliphatic carbocycles. The summed E-state index contributed by atoms with van der Waals surface area (Å²) in [6.45, 7) is 8.00. The normalized spacial score (nSPS) is 12.7. The van der Waals surface area contributed by atoms with Crippen molar-refractivity contribution in [3.05, 3.63) is 0 Å². The van der Waals surface area contributed by atoms with Crippen LogP contribution in [0.4, 0.5) is 4.79 Å². The Labute approximate surface area is 141 Å². The number of urea groups is 1. The lowest BCUT2D eigenvalue weighted by Crippen LogP contribution is -2.41. The van der Waals surface area contributed by atoms with Crippen molar-refractivity contribution in [2.75, 3.05) is 13.1 Å². The van der Waals surface area contributed by atoms with Crippen molar-refractivity contribution >= 4 is 11.9 Å². The van der Waals surface area contributed by atoms with Crippen LogP contribution in [0.25, 0.3) is 0 Å². The van der Waals surface area contributed by atoms with Gasteiger partial charge in [0, 0.05) is 13.1 Å². The van der Waals surface area contributed by atoms with E-state index in [0.29, 0.717) is 31.3 Å². The standard InChI is InChI=1S/C17H36N4O2/c1-4-17(2,3)11-7-5-6-8-12-20-15(22)14(18)10-9-13-21-16(19)23/h14H,4-13,18H2,1-3H3,(H,20,22)(H3,19,21,23). The molecule has 0 aliphatic heterocycles. The highest BCUT2D eigenvalue weighted by Crippen LogP contribution is 2.27. The van der Waals surface area contributed by atoms with E-state index in [2.05, 4.69) is 31.4 Å². The van der Waals surface area contributed by atoms with E-state index in [0.717, 1.165) is 12.8 Å². The van der Waals surface area contributed by atoms with Crippen LogP contribution in [0, 0.1) is 5.41 Å². The van der Waals surface area contributed by atoms with Crippen molar-refractivity contribution in [2.24, 2.45) is 16.9 Å². The van der Waals surface area contributed by atoms with E-state index in [1.54, 1.807) is 0 Å². The summed E-state index contributed by atoms with van der Waals surface area (Å²) in [4.78, 5) is 22.3. The highest BCUT2D eigenvalue weighted by Gasteiger charge is 2.14. The maximum Gasteiger partial charge on any atom is 0.312 e. The highest BCUT2D eigenvalue weighted by atomic mass is 16.2. The highest BCUT2D eigenvalue weighted by molar-refractivity contribution is 5.81. The molecule has 1 unspecified atom stereocenters. The number of nitrogens with two attached hydrogens (primary N) is 2. The van der Waals surface area contributed by atoms with E-state index in [9.17, 15) is 9.59 Å². The Hall–Kier alpha value is -1.30. The minimum atomic E-state index is -0.551. The smallest absolute Gasteiger partial charge is 0.312 e. The Morgan fingerprint density at radius 3 is 2.22 bits per heavy atom. The van der Waals surface area contributed by atoms with Crippen LogP contribution in [0.1, 0.15) is 72.1 Å². The van der Waals surface area contributed by atoms with Gasteiger partial charge < -0.3 is 22.1 Å². The van der Waals surface area contributed by atoms with Crippen molar-refractivity contribution in [2.45, 2.75) is 78.2 Å². The zero-order valence-corrected chi connectivity index (χ0v) is 15.1. The molecule has 6 heteroatoms. The molecule has 0 rings (SSSR count). The zero-order valence-electron chi connectivity index (χ0n) is 15.1. The second-order valence-corrected chi connectivity index (χ2v) is 7.01. The number of hydrogen-bond donors (Lipinski definition) is 4. The lowest BCUT2D eigenvalue weighted by Gasteiger charge is -2.22. The molecular weight excluding hydrogens is 292 g/mol. The predicted molar refractivity (Wildman–Crippen MR) is 95.0 cm³/mol. The van der Waals surface area contributed by atoms with Crippen molar-refractivity contribution < 1.29 is 9.59 Å². The summed E-state index contributed by atoms with van der Waals surface area (Å²) in [6.07, 6.45) is 8.26. The van der Waals surface area contributed by atoms with Gasteiger partial charge in [-0.15, -0.1) is 0 Å². The van der Waals surface area contributed by atoms with Gasteiger partial charge in [0.2, 0.25) is 5.91 Å². The maximum absolute atomic E-state index is 11.8. The van der Waals surface area contributed by atoms with Gasteiger partial charge in [-0.3, -0.25) is 4.79 Å². The van der Waals surface area contributed by atoms with Gasteiger partial charge >= 0.3 is 6.03 Å². The third-order valence-corrected chi connectivity index (χ3v) is 4.36. The number of nitrogens with one attached hydrogen (secondary N) is 2. The first-order chi connectivity index (χ1) is 10.8. The number of carbonyl (C=O) groups excluding carboxylic acids is 2. The maximum atomic E-state index is 11.8. The third kappa shape index (κ3) is 12.9. The van der Waals surface area contributed by atoms with E-state index in [1.807, 2.05) is 0 Å². The van der Waals surface area contributed by atoms with E-state index >= 15 is 0 Å². The summed E-state index contributed by atoms with van der Waals surface area (Å²) in [6, 6.07) is -1.07. The molecule has 6 nitrogen and oxygen atoms in total. The molecule has 0 spiro atoms. The summed E-state index contributed by atoms with van der Waals surface area (Å²) >= 11 is 0. The molecule has 0 saturated heterocycles. The second kappa shape index (κ2) is 12.2. The van der Waals surface area contributed by atoms with Crippen LogP contribution in [0.3, 0.4) is 0 Å². The molecule has 1 atom stereocenters. The average molecular weight is 329 g/mol. The van der Waals surface area contributed by atoms with E-state index in [-0.39, 0.29) is 5.91 Å². The molecule has 0 radical (unpaired) electrons. The van der Waals surface area contributed by atoms with Crippen molar-refractivity contribution in [1.82, 2.24) is 10.6 Å². The number of hydrogen-bond acceptors (Lipinski definition) is 3. The topological polar surface area (TPSA) is 110 Å². The van der Waals surface area contributed by atoms with Gasteiger partial charge in [0.25, 0.3) is 0 Å². The largest absolute Gasteiger partial charge is 0.355 e. The predicted octanol–water partition coefficient (Wildman–Crippen LogP) is 2.27. The Morgan fingerprint density at radius 2 is 1.61 bits per heavy atom. The Kier molecular flexibility index (Phi) is 11.5. The Balaban J connectivity index is 3.53. The quantitative estimate of drug-likeness (QED) is 0.389. The lowest BCUT2D eigenvalue weighted by atomic mass is 9.84. The minimum absolute atomic E-state index is 0.115. The molecule has 6 N–H and O–H groups in total. The molecule has 0 aromatic carbocycles. The van der Waals surface area contributed by atoms with E-state index < -0.39 is 12.1 Å². The third-order valence-electron chi connectivity index (χ3n) is 4.36. The van der Waals surface area contributed by atoms with Crippen LogP contribution in [-0.2, 0) is 4.79 Å². The fourth-order valence-corrected chi connectivity index (χ4v) is 2.27. The SMILES string of the molecule is CCC(C)(C)CCCCCCNC(=O)C(N)CCCNC(N)=O. The fourth-order valence-electron chi connectivity index (χ4n) is 2.27. The van der Waals surface area contributed by atoms with Gasteiger partial charge in [-0.05, 0) is 31.1 Å². The van der Waals surface area contributed by atoms with Crippen molar-refractivity contribution in [1.29, 1.82) is 0 Å². The van der Waals surface area contributed by atoms with Gasteiger partial charge in [-0.25, -0.2) is 4.79 Å². The number of rotatable bonds is 13. The summed E-state index contributed by atoms with van der Waals surface area (Å²) in [5.74, 6) is -0.115. The first-order valence-electron chi connectivity index (χ1n) is 8.85. The van der Waals surface area contributed by atoms with Gasteiger partial charge in [0.1, 0.15) is 0 Å². The molecule has 0 bridgehead atoms. The van der Waals surface area contributed by atoms with Crippen LogP contribution in [0.15, 0.2) is 0 Å². The van der Waals surface area contributed by atoms with Crippen molar-refractivity contribution in [3.8, 4) is 0 Å². The molecule has 0 aliphatic rings. The summed E-state index contributed by atoms with van der Waals surface area (Å²) in [7, 11) is 0. The van der Waals surface area contributed by atoms with E-state index in [4.69, 9.17) is 11.5 Å². The number of amides is 3. The van der Waals surface area contributed by atoms with Crippen LogP contribution >= 0.6 is 0 Å². The fraction of sp³-hybridized carbons (Fsp3) is 0.882. The van der Waals surface area contributed by atoms with Gasteiger partial charge in [-0.1, -0.05) is 46.5 Å². The van der Waals surface area contributed by atoms with Gasteiger partial charge in [-0.2, -0.15) is 0 Å². The van der Waals surface area contributed by atoms with Crippen LogP contribution in [-0.4, -0.2) is 31.1 Å². The first-order valence-corrected chi connectivity index (χ1v) is 8.85. The zero-order chi connectivity index (χ0) is 17.7. The molecule has 0 saturated carbocycles. The second-order valence-electron chi connectivity index (χ2n) is 7.01. The molecule has 0 aromatic heterocycles. The molecule has 0 heterocycles. The lowest BCUT2D eigenvalue weighted by molar-refractivity contribution is -0.122. The molecule has 3 amide bonds. The molecule has 23 heavy (non-hydrogen) atoms. The van der Waals surface area contributed by atoms with Crippen LogP contribution in [0.5, 0.6) is 0 Å². The monoisotopic (exact) mass is 328 g/mol. The molecule has 0 aromatic rings. The van der Waals surface area contributed by atoms with E-state index in [1.165, 1.54) is 25.7 Å². The summed E-state index contributed by atoms with van der Waals surface area (Å²) in [5, 5.41) is 5.35. The molecular formula is C17H36N4O2. The summed E-state index contributed by atoms with van der Waals surface area (Å²) < 4.78 is 0. The number of carbonyl (C=O) groups is 2.